The van der Waals surface area contributed by atoms with Crippen LogP contribution in [0.3, 0.4) is 0 Å². The number of anilines is 1. The summed E-state index contributed by atoms with van der Waals surface area (Å²) in [5.41, 5.74) is 2.97. The largest absolute Gasteiger partial charge is 0.491 e. The second-order valence-corrected chi connectivity index (χ2v) is 11.3. The minimum atomic E-state index is -0.336. The van der Waals surface area contributed by atoms with Crippen LogP contribution >= 0.6 is 22.9 Å². The standard InChI is InChI=1S/C29H34ClN3O3S/c1-19(2)21-8-10-24(11-9-21)36-18-26-25-13-15-37-27(25)12-14-32(26)28(34)17-33(20(3)4)29(35)31-23-7-5-6-22(30)16-23/h5-11,13,15-16,19-20,26H,12,14,17-18H2,1-4H3,(H,31,35). The molecule has 0 aliphatic carbocycles. The number of carbonyl (C=O) groups excluding carboxylic acids is 2. The highest BCUT2D eigenvalue weighted by atomic mass is 35.5. The van der Waals surface area contributed by atoms with Crippen molar-refractivity contribution < 1.29 is 14.3 Å². The summed E-state index contributed by atoms with van der Waals surface area (Å²) in [6.07, 6.45) is 0.800. The predicted molar refractivity (Wildman–Crippen MR) is 151 cm³/mol. The van der Waals surface area contributed by atoms with E-state index in [2.05, 4.69) is 42.7 Å². The molecule has 1 aliphatic rings. The van der Waals surface area contributed by atoms with Crippen LogP contribution in [0.2, 0.25) is 5.02 Å². The molecule has 2 heterocycles. The predicted octanol–water partition coefficient (Wildman–Crippen LogP) is 6.97. The molecule has 1 aromatic heterocycles. The van der Waals surface area contributed by atoms with Crippen LogP contribution in [0.4, 0.5) is 10.5 Å². The minimum Gasteiger partial charge on any atom is -0.491 e. The molecule has 0 bridgehead atoms. The fourth-order valence-electron chi connectivity index (χ4n) is 4.49. The molecule has 0 spiro atoms. The highest BCUT2D eigenvalue weighted by Gasteiger charge is 2.34. The molecular formula is C29H34ClN3O3S. The quantitative estimate of drug-likeness (QED) is 0.336. The molecule has 0 fully saturated rings. The lowest BCUT2D eigenvalue weighted by Gasteiger charge is -2.37. The van der Waals surface area contributed by atoms with Crippen molar-refractivity contribution in [3.63, 3.8) is 0 Å². The third-order valence-corrected chi connectivity index (χ3v) is 7.87. The van der Waals surface area contributed by atoms with Gasteiger partial charge in [-0.15, -0.1) is 11.3 Å². The van der Waals surface area contributed by atoms with Gasteiger partial charge >= 0.3 is 6.03 Å². The number of rotatable bonds is 8. The first-order valence-electron chi connectivity index (χ1n) is 12.6. The van der Waals surface area contributed by atoms with Crippen molar-refractivity contribution in [1.29, 1.82) is 0 Å². The van der Waals surface area contributed by atoms with E-state index in [9.17, 15) is 9.59 Å². The van der Waals surface area contributed by atoms with E-state index in [1.165, 1.54) is 10.4 Å². The molecule has 0 radical (unpaired) electrons. The zero-order valence-electron chi connectivity index (χ0n) is 21.7. The summed E-state index contributed by atoms with van der Waals surface area (Å²) in [5.74, 6) is 1.13. The highest BCUT2D eigenvalue weighted by Crippen LogP contribution is 2.34. The summed E-state index contributed by atoms with van der Waals surface area (Å²) >= 11 is 7.78. The maximum absolute atomic E-state index is 13.6. The average molecular weight is 540 g/mol. The van der Waals surface area contributed by atoms with Crippen LogP contribution in [-0.2, 0) is 11.2 Å². The molecule has 0 saturated carbocycles. The van der Waals surface area contributed by atoms with E-state index in [0.717, 1.165) is 17.7 Å². The smallest absolute Gasteiger partial charge is 0.322 e. The van der Waals surface area contributed by atoms with Crippen molar-refractivity contribution >= 4 is 40.6 Å². The van der Waals surface area contributed by atoms with Crippen LogP contribution in [0.1, 0.15) is 55.7 Å². The zero-order chi connectivity index (χ0) is 26.5. The second kappa shape index (κ2) is 12.0. The Balaban J connectivity index is 1.48. The number of hydrogen-bond acceptors (Lipinski definition) is 4. The maximum atomic E-state index is 13.6. The summed E-state index contributed by atoms with van der Waals surface area (Å²) < 4.78 is 6.18. The Morgan fingerprint density at radius 1 is 1.14 bits per heavy atom. The van der Waals surface area contributed by atoms with Crippen molar-refractivity contribution in [3.8, 4) is 5.75 Å². The Bertz CT molecular complexity index is 1230. The van der Waals surface area contributed by atoms with Crippen molar-refractivity contribution in [1.82, 2.24) is 9.80 Å². The van der Waals surface area contributed by atoms with Crippen molar-refractivity contribution in [2.45, 2.75) is 52.1 Å². The van der Waals surface area contributed by atoms with Gasteiger partial charge in [0.25, 0.3) is 0 Å². The van der Waals surface area contributed by atoms with Gasteiger partial charge in [-0.1, -0.05) is 43.6 Å². The molecule has 6 nitrogen and oxygen atoms in total. The molecule has 1 atom stereocenters. The number of urea groups is 1. The molecule has 3 amide bonds. The Kier molecular flexibility index (Phi) is 8.77. The van der Waals surface area contributed by atoms with Crippen LogP contribution < -0.4 is 10.1 Å². The highest BCUT2D eigenvalue weighted by molar-refractivity contribution is 7.10. The number of amides is 3. The first-order valence-corrected chi connectivity index (χ1v) is 13.9. The fourth-order valence-corrected chi connectivity index (χ4v) is 5.60. The van der Waals surface area contributed by atoms with Gasteiger partial charge in [0.15, 0.2) is 0 Å². The van der Waals surface area contributed by atoms with E-state index in [1.807, 2.05) is 30.9 Å². The molecule has 196 valence electrons. The Hall–Kier alpha value is -3.03. The number of ether oxygens (including phenoxy) is 1. The zero-order valence-corrected chi connectivity index (χ0v) is 23.3. The summed E-state index contributed by atoms with van der Waals surface area (Å²) in [6.45, 7) is 9.05. The molecule has 4 rings (SSSR count). The van der Waals surface area contributed by atoms with Crippen molar-refractivity contribution in [3.05, 3.63) is 81.0 Å². The lowest BCUT2D eigenvalue weighted by atomic mass is 10.00. The monoisotopic (exact) mass is 539 g/mol. The van der Waals surface area contributed by atoms with Crippen LogP contribution in [-0.4, -0.2) is 47.5 Å². The molecule has 3 aromatic rings. The summed E-state index contributed by atoms with van der Waals surface area (Å²) in [5, 5.41) is 5.47. The number of nitrogens with zero attached hydrogens (tertiary/aromatic N) is 2. The van der Waals surface area contributed by atoms with Crippen molar-refractivity contribution in [2.75, 3.05) is 25.0 Å². The number of fused-ring (bicyclic) bond motifs is 1. The van der Waals surface area contributed by atoms with Crippen LogP contribution in [0.5, 0.6) is 5.75 Å². The number of benzene rings is 2. The third-order valence-electron chi connectivity index (χ3n) is 6.64. The summed E-state index contributed by atoms with van der Waals surface area (Å²) in [7, 11) is 0. The number of nitrogens with one attached hydrogen (secondary N) is 1. The molecule has 2 aromatic carbocycles. The van der Waals surface area contributed by atoms with Gasteiger partial charge in [0, 0.05) is 28.2 Å². The summed E-state index contributed by atoms with van der Waals surface area (Å²) in [6, 6.07) is 16.5. The van der Waals surface area contributed by atoms with Crippen molar-refractivity contribution in [2.24, 2.45) is 0 Å². The number of halogens is 1. The molecule has 1 aliphatic heterocycles. The van der Waals surface area contributed by atoms with E-state index < -0.39 is 0 Å². The molecular weight excluding hydrogens is 506 g/mol. The molecule has 37 heavy (non-hydrogen) atoms. The van der Waals surface area contributed by atoms with Gasteiger partial charge in [0.2, 0.25) is 5.91 Å². The minimum absolute atomic E-state index is 0.0247. The van der Waals surface area contributed by atoms with Gasteiger partial charge in [0.05, 0.1) is 6.04 Å². The topological polar surface area (TPSA) is 61.9 Å². The first-order chi connectivity index (χ1) is 17.7. The van der Waals surface area contributed by atoms with Gasteiger partial charge in [-0.05, 0) is 79.1 Å². The Morgan fingerprint density at radius 2 is 1.89 bits per heavy atom. The van der Waals surface area contributed by atoms with Gasteiger partial charge < -0.3 is 19.9 Å². The lowest BCUT2D eigenvalue weighted by molar-refractivity contribution is -0.135. The molecule has 1 unspecified atom stereocenters. The van der Waals surface area contributed by atoms with E-state index in [4.69, 9.17) is 16.3 Å². The maximum Gasteiger partial charge on any atom is 0.322 e. The van der Waals surface area contributed by atoms with E-state index in [-0.39, 0.29) is 30.6 Å². The van der Waals surface area contributed by atoms with Crippen LogP contribution in [0.25, 0.3) is 0 Å². The normalized spacial score (nSPS) is 15.0. The first kappa shape index (κ1) is 27.0. The average Bonchev–Trinajstić information content (AvgIpc) is 3.35. The van der Waals surface area contributed by atoms with Gasteiger partial charge in [0.1, 0.15) is 18.9 Å². The number of carbonyl (C=O) groups is 2. The lowest BCUT2D eigenvalue weighted by Crippen LogP contribution is -2.50. The molecule has 0 saturated heterocycles. The third kappa shape index (κ3) is 6.65. The Labute approximate surface area is 228 Å². The molecule has 8 heteroatoms. The van der Waals surface area contributed by atoms with Gasteiger partial charge in [-0.25, -0.2) is 4.79 Å². The van der Waals surface area contributed by atoms with Gasteiger partial charge in [-0.2, -0.15) is 0 Å². The number of hydrogen-bond donors (Lipinski definition) is 1. The van der Waals surface area contributed by atoms with E-state index in [1.54, 1.807) is 40.5 Å². The fraction of sp³-hybridized carbons (Fsp3) is 0.379. The number of thiophene rings is 1. The Morgan fingerprint density at radius 3 is 2.57 bits per heavy atom. The van der Waals surface area contributed by atoms with Gasteiger partial charge in [-0.3, -0.25) is 4.79 Å². The summed E-state index contributed by atoms with van der Waals surface area (Å²) in [4.78, 5) is 31.4. The second-order valence-electron chi connectivity index (χ2n) is 9.85. The SMILES string of the molecule is CC(C)c1ccc(OCC2c3ccsc3CCN2C(=O)CN(C(=O)Nc2cccc(Cl)c2)C(C)C)cc1. The van der Waals surface area contributed by atoms with E-state index in [0.29, 0.717) is 29.8 Å². The van der Waals surface area contributed by atoms with Crippen LogP contribution in [0.15, 0.2) is 60.0 Å². The van der Waals surface area contributed by atoms with Crippen LogP contribution in [0, 0.1) is 0 Å². The molecule has 1 N–H and O–H groups in total. The van der Waals surface area contributed by atoms with E-state index >= 15 is 0 Å².